The SMILES string of the molecule is COP(=O)([O-])/C(=N/NC(N)=S)c1ccccc1.[Li+]. The summed E-state index contributed by atoms with van der Waals surface area (Å²) in [6.45, 7) is 0. The van der Waals surface area contributed by atoms with E-state index in [-0.39, 0.29) is 29.4 Å². The normalized spacial score (nSPS) is 14.2. The van der Waals surface area contributed by atoms with E-state index in [1.807, 2.05) is 0 Å². The van der Waals surface area contributed by atoms with Crippen molar-refractivity contribution in [3.05, 3.63) is 35.9 Å². The van der Waals surface area contributed by atoms with Crippen molar-refractivity contribution in [3.63, 3.8) is 0 Å². The van der Waals surface area contributed by atoms with Crippen molar-refractivity contribution in [3.8, 4) is 0 Å². The number of benzene rings is 1. The zero-order valence-electron chi connectivity index (χ0n) is 9.99. The van der Waals surface area contributed by atoms with Gasteiger partial charge in [0.2, 0.25) is 0 Å². The second kappa shape index (κ2) is 7.69. The Morgan fingerprint density at radius 2 is 2.06 bits per heavy atom. The monoisotopic (exact) mass is 279 g/mol. The van der Waals surface area contributed by atoms with E-state index >= 15 is 0 Å². The Bertz CT molecular complexity index is 483. The van der Waals surface area contributed by atoms with Crippen LogP contribution in [0.15, 0.2) is 35.4 Å². The van der Waals surface area contributed by atoms with E-state index in [1.54, 1.807) is 30.3 Å². The number of hydrazone groups is 1. The van der Waals surface area contributed by atoms with Crippen molar-refractivity contribution < 1.29 is 32.8 Å². The van der Waals surface area contributed by atoms with Crippen LogP contribution in [0.2, 0.25) is 0 Å². The quantitative estimate of drug-likeness (QED) is 0.206. The van der Waals surface area contributed by atoms with Gasteiger partial charge in [-0.25, -0.2) is 0 Å². The van der Waals surface area contributed by atoms with Gasteiger partial charge in [0.1, 0.15) is 5.45 Å². The second-order valence-corrected chi connectivity index (χ2v) is 5.18. The molecule has 18 heavy (non-hydrogen) atoms. The van der Waals surface area contributed by atoms with E-state index in [9.17, 15) is 9.46 Å². The van der Waals surface area contributed by atoms with Crippen LogP contribution < -0.4 is 34.9 Å². The van der Waals surface area contributed by atoms with Crippen molar-refractivity contribution in [2.75, 3.05) is 7.11 Å². The maximum Gasteiger partial charge on any atom is 1.00 e. The molecule has 0 aliphatic heterocycles. The van der Waals surface area contributed by atoms with Gasteiger partial charge < -0.3 is 19.7 Å². The Morgan fingerprint density at radius 1 is 1.50 bits per heavy atom. The van der Waals surface area contributed by atoms with Crippen LogP contribution in [0.25, 0.3) is 0 Å². The summed E-state index contributed by atoms with van der Waals surface area (Å²) < 4.78 is 16.1. The summed E-state index contributed by atoms with van der Waals surface area (Å²) in [5.41, 5.74) is 7.54. The topological polar surface area (TPSA) is 99.8 Å². The Kier molecular flexibility index (Phi) is 7.41. The third-order valence-corrected chi connectivity index (χ3v) is 3.25. The summed E-state index contributed by atoms with van der Waals surface area (Å²) in [7, 11) is -3.18. The number of nitrogens with zero attached hydrogens (tertiary/aromatic N) is 1. The molecule has 3 N–H and O–H groups in total. The van der Waals surface area contributed by atoms with Gasteiger partial charge in [-0.3, -0.25) is 5.43 Å². The van der Waals surface area contributed by atoms with E-state index in [0.29, 0.717) is 5.56 Å². The number of nitrogens with two attached hydrogens (primary N) is 1. The first-order chi connectivity index (χ1) is 7.97. The minimum atomic E-state index is -4.24. The fraction of sp³-hybridized carbons (Fsp3) is 0.111. The summed E-state index contributed by atoms with van der Waals surface area (Å²) >= 11 is 4.55. The van der Waals surface area contributed by atoms with E-state index < -0.39 is 7.60 Å². The predicted molar refractivity (Wildman–Crippen MR) is 67.5 cm³/mol. The summed E-state index contributed by atoms with van der Waals surface area (Å²) in [5.74, 6) is 0. The standard InChI is InChI=1S/C9H12N3O3PS.Li/c1-15-16(13,14)8(11-12-9(10)17)7-5-3-2-4-6-7;/h2-6H,1H3,(H,13,14)(H3,10,12,17);/q;+1/p-1/b11-8+;. The van der Waals surface area contributed by atoms with E-state index in [1.165, 1.54) is 0 Å². The number of hydrogen-bond donors (Lipinski definition) is 2. The average molecular weight is 279 g/mol. The Morgan fingerprint density at radius 3 is 2.50 bits per heavy atom. The van der Waals surface area contributed by atoms with Crippen molar-refractivity contribution >= 4 is 30.4 Å². The minimum Gasteiger partial charge on any atom is -0.774 e. The van der Waals surface area contributed by atoms with Crippen LogP contribution >= 0.6 is 19.8 Å². The molecule has 92 valence electrons. The van der Waals surface area contributed by atoms with E-state index in [4.69, 9.17) is 5.73 Å². The van der Waals surface area contributed by atoms with Crippen molar-refractivity contribution in [2.45, 2.75) is 0 Å². The molecule has 0 aliphatic carbocycles. The molecule has 0 aromatic heterocycles. The summed E-state index contributed by atoms with van der Waals surface area (Å²) in [6, 6.07) is 8.29. The van der Waals surface area contributed by atoms with Crippen LogP contribution in [0.1, 0.15) is 5.56 Å². The van der Waals surface area contributed by atoms with Crippen LogP contribution in [-0.2, 0) is 9.09 Å². The average Bonchev–Trinajstić information content (AvgIpc) is 2.30. The smallest absolute Gasteiger partial charge is 0.774 e. The van der Waals surface area contributed by atoms with Gasteiger partial charge in [0.05, 0.1) is 0 Å². The van der Waals surface area contributed by atoms with Crippen molar-refractivity contribution in [2.24, 2.45) is 10.8 Å². The van der Waals surface area contributed by atoms with Gasteiger partial charge in [-0.05, 0) is 12.2 Å². The van der Waals surface area contributed by atoms with Gasteiger partial charge in [0, 0.05) is 12.7 Å². The largest absolute Gasteiger partial charge is 1.00 e. The van der Waals surface area contributed by atoms with Gasteiger partial charge in [0.25, 0.3) is 0 Å². The van der Waals surface area contributed by atoms with Crippen LogP contribution in [-0.4, -0.2) is 17.7 Å². The number of thiocarbonyl (C=S) groups is 1. The van der Waals surface area contributed by atoms with Crippen LogP contribution in [0, 0.1) is 0 Å². The van der Waals surface area contributed by atoms with Crippen LogP contribution in [0.4, 0.5) is 0 Å². The first kappa shape index (κ1) is 17.3. The number of rotatable bonds is 4. The summed E-state index contributed by atoms with van der Waals surface area (Å²) in [6.07, 6.45) is 0. The molecule has 1 unspecified atom stereocenters. The van der Waals surface area contributed by atoms with Crippen LogP contribution in [0.3, 0.4) is 0 Å². The zero-order chi connectivity index (χ0) is 12.9. The van der Waals surface area contributed by atoms with Gasteiger partial charge in [-0.1, -0.05) is 30.3 Å². The van der Waals surface area contributed by atoms with E-state index in [0.717, 1.165) is 7.11 Å². The molecule has 1 aromatic carbocycles. The molecule has 0 aliphatic rings. The van der Waals surface area contributed by atoms with Gasteiger partial charge in [-0.2, -0.15) is 5.10 Å². The Labute approximate surface area is 122 Å². The maximum atomic E-state index is 11.7. The molecular formula is C9H11LiN3O3PS. The molecule has 0 amide bonds. The summed E-state index contributed by atoms with van der Waals surface area (Å²) in [5, 5.41) is 3.51. The fourth-order valence-corrected chi connectivity index (χ4v) is 1.92. The molecular weight excluding hydrogens is 268 g/mol. The molecule has 1 aromatic rings. The molecule has 1 rings (SSSR count). The van der Waals surface area contributed by atoms with Gasteiger partial charge in [0.15, 0.2) is 12.7 Å². The van der Waals surface area contributed by atoms with Gasteiger partial charge in [-0.15, -0.1) is 0 Å². The predicted octanol–water partition coefficient (Wildman–Crippen LogP) is -2.61. The Balaban J connectivity index is 0.00000289. The number of nitrogens with one attached hydrogen (secondary N) is 1. The van der Waals surface area contributed by atoms with Crippen LogP contribution in [0.5, 0.6) is 0 Å². The van der Waals surface area contributed by atoms with Gasteiger partial charge >= 0.3 is 18.9 Å². The van der Waals surface area contributed by atoms with E-state index in [2.05, 4.69) is 27.3 Å². The molecule has 1 atom stereocenters. The summed E-state index contributed by atoms with van der Waals surface area (Å²) in [4.78, 5) is 11.7. The first-order valence-corrected chi connectivity index (χ1v) is 6.48. The Hall–Kier alpha value is -0.673. The second-order valence-electron chi connectivity index (χ2n) is 2.96. The maximum absolute atomic E-state index is 11.7. The number of hydrogen-bond acceptors (Lipinski definition) is 5. The fourth-order valence-electron chi connectivity index (χ4n) is 1.07. The molecule has 0 spiro atoms. The third-order valence-electron chi connectivity index (χ3n) is 1.80. The molecule has 0 saturated heterocycles. The van der Waals surface area contributed by atoms with Crippen molar-refractivity contribution in [1.29, 1.82) is 0 Å². The molecule has 0 radical (unpaired) electrons. The molecule has 0 saturated carbocycles. The molecule has 9 heteroatoms. The zero-order valence-corrected chi connectivity index (χ0v) is 11.7. The first-order valence-electron chi connectivity index (χ1n) is 4.53. The third kappa shape index (κ3) is 4.90. The molecule has 0 bridgehead atoms. The van der Waals surface area contributed by atoms with Crippen molar-refractivity contribution in [1.82, 2.24) is 5.43 Å². The molecule has 0 heterocycles. The molecule has 6 nitrogen and oxygen atoms in total. The molecule has 0 fully saturated rings. The minimum absolute atomic E-state index is 0.